The van der Waals surface area contributed by atoms with Crippen molar-refractivity contribution in [2.24, 2.45) is 0 Å². The van der Waals surface area contributed by atoms with E-state index in [0.717, 1.165) is 18.8 Å². The number of oxazole rings is 1. The molecular formula is C8H13ClN2O. The van der Waals surface area contributed by atoms with Crippen LogP contribution in [0.4, 0.5) is 0 Å². The third kappa shape index (κ3) is 1.99. The number of aromatic nitrogens is 1. The highest BCUT2D eigenvalue weighted by Crippen LogP contribution is 2.23. The van der Waals surface area contributed by atoms with Gasteiger partial charge in [0.1, 0.15) is 5.76 Å². The van der Waals surface area contributed by atoms with Crippen molar-refractivity contribution in [3.63, 3.8) is 0 Å². The fraction of sp³-hybridized carbons (Fsp3) is 0.625. The largest absolute Gasteiger partial charge is 0.448 e. The van der Waals surface area contributed by atoms with Crippen LogP contribution in [0.15, 0.2) is 17.0 Å². The molecule has 2 heterocycles. The lowest BCUT2D eigenvalue weighted by molar-refractivity contribution is 0.385. The number of halogens is 1. The van der Waals surface area contributed by atoms with Crippen molar-refractivity contribution in [1.82, 2.24) is 10.3 Å². The van der Waals surface area contributed by atoms with E-state index in [-0.39, 0.29) is 12.4 Å². The van der Waals surface area contributed by atoms with Gasteiger partial charge in [-0.3, -0.25) is 0 Å². The Balaban J connectivity index is 0.000000720. The summed E-state index contributed by atoms with van der Waals surface area (Å²) in [5, 5.41) is 3.31. The summed E-state index contributed by atoms with van der Waals surface area (Å²) in [7, 11) is 0. The number of nitrogens with zero attached hydrogens (tertiary/aromatic N) is 1. The molecule has 1 aliphatic rings. The standard InChI is InChI=1S/C8H12N2O.ClH/c1-3-9-4-2-7(1)8-5-10-6-11-8;/h5-7,9H,1-4H2;1H. The molecule has 0 saturated carbocycles. The second-order valence-electron chi connectivity index (χ2n) is 2.93. The minimum atomic E-state index is 0. The lowest BCUT2D eigenvalue weighted by atomic mass is 9.96. The van der Waals surface area contributed by atoms with Gasteiger partial charge < -0.3 is 9.73 Å². The van der Waals surface area contributed by atoms with Crippen molar-refractivity contribution in [3.8, 4) is 0 Å². The topological polar surface area (TPSA) is 38.1 Å². The molecule has 68 valence electrons. The van der Waals surface area contributed by atoms with Crippen molar-refractivity contribution >= 4 is 12.4 Å². The van der Waals surface area contributed by atoms with Crippen molar-refractivity contribution in [2.45, 2.75) is 18.8 Å². The molecule has 0 bridgehead atoms. The summed E-state index contributed by atoms with van der Waals surface area (Å²) in [5.74, 6) is 1.64. The summed E-state index contributed by atoms with van der Waals surface area (Å²) in [6, 6.07) is 0. The molecule has 0 amide bonds. The van der Waals surface area contributed by atoms with E-state index in [4.69, 9.17) is 4.42 Å². The van der Waals surface area contributed by atoms with Crippen LogP contribution in [0.2, 0.25) is 0 Å². The minimum Gasteiger partial charge on any atom is -0.448 e. The first-order chi connectivity index (χ1) is 5.47. The molecule has 0 aromatic carbocycles. The van der Waals surface area contributed by atoms with Gasteiger partial charge in [0.2, 0.25) is 0 Å². The molecule has 1 N–H and O–H groups in total. The summed E-state index contributed by atoms with van der Waals surface area (Å²) in [4.78, 5) is 3.91. The SMILES string of the molecule is Cl.c1ncc(C2CCNCC2)o1. The molecule has 0 unspecified atom stereocenters. The fourth-order valence-electron chi connectivity index (χ4n) is 1.53. The third-order valence-electron chi connectivity index (χ3n) is 2.19. The lowest BCUT2D eigenvalue weighted by Crippen LogP contribution is -2.26. The first-order valence-electron chi connectivity index (χ1n) is 4.06. The van der Waals surface area contributed by atoms with E-state index in [2.05, 4.69) is 10.3 Å². The Kier molecular flexibility index (Phi) is 3.56. The minimum absolute atomic E-state index is 0. The Morgan fingerprint density at radius 3 is 2.75 bits per heavy atom. The van der Waals surface area contributed by atoms with E-state index in [1.807, 2.05) is 6.20 Å². The molecule has 4 heteroatoms. The predicted molar refractivity (Wildman–Crippen MR) is 48.6 cm³/mol. The molecule has 1 fully saturated rings. The molecule has 0 spiro atoms. The van der Waals surface area contributed by atoms with E-state index in [0.29, 0.717) is 5.92 Å². The quantitative estimate of drug-likeness (QED) is 0.727. The van der Waals surface area contributed by atoms with Gasteiger partial charge >= 0.3 is 0 Å². The molecule has 1 saturated heterocycles. The number of rotatable bonds is 1. The molecule has 0 atom stereocenters. The monoisotopic (exact) mass is 188 g/mol. The first kappa shape index (κ1) is 9.55. The van der Waals surface area contributed by atoms with Gasteiger partial charge in [0.25, 0.3) is 0 Å². The van der Waals surface area contributed by atoms with Crippen LogP contribution in [-0.4, -0.2) is 18.1 Å². The summed E-state index contributed by atoms with van der Waals surface area (Å²) >= 11 is 0. The van der Waals surface area contributed by atoms with E-state index >= 15 is 0 Å². The van der Waals surface area contributed by atoms with Crippen LogP contribution in [0.1, 0.15) is 24.5 Å². The molecule has 1 aromatic rings. The van der Waals surface area contributed by atoms with E-state index in [9.17, 15) is 0 Å². The third-order valence-corrected chi connectivity index (χ3v) is 2.19. The number of piperidine rings is 1. The van der Waals surface area contributed by atoms with Crippen LogP contribution in [0, 0.1) is 0 Å². The Labute approximate surface area is 78.0 Å². The van der Waals surface area contributed by atoms with Gasteiger partial charge in [0, 0.05) is 5.92 Å². The van der Waals surface area contributed by atoms with Gasteiger partial charge in [-0.25, -0.2) is 4.98 Å². The number of hydrogen-bond acceptors (Lipinski definition) is 3. The summed E-state index contributed by atoms with van der Waals surface area (Å²) in [5.41, 5.74) is 0. The first-order valence-corrected chi connectivity index (χ1v) is 4.06. The Morgan fingerprint density at radius 2 is 2.17 bits per heavy atom. The second-order valence-corrected chi connectivity index (χ2v) is 2.93. The lowest BCUT2D eigenvalue weighted by Gasteiger charge is -2.19. The van der Waals surface area contributed by atoms with Gasteiger partial charge in [0.05, 0.1) is 6.20 Å². The zero-order valence-electron chi connectivity index (χ0n) is 6.82. The molecule has 0 aliphatic carbocycles. The Hall–Kier alpha value is -0.540. The molecule has 2 rings (SSSR count). The van der Waals surface area contributed by atoms with Gasteiger partial charge in [-0.2, -0.15) is 0 Å². The summed E-state index contributed by atoms with van der Waals surface area (Å²) in [6.45, 7) is 2.21. The predicted octanol–water partition coefficient (Wildman–Crippen LogP) is 1.56. The van der Waals surface area contributed by atoms with Crippen molar-refractivity contribution in [3.05, 3.63) is 18.4 Å². The van der Waals surface area contributed by atoms with Gasteiger partial charge in [0.15, 0.2) is 6.39 Å². The second kappa shape index (κ2) is 4.48. The van der Waals surface area contributed by atoms with Crippen molar-refractivity contribution in [1.29, 1.82) is 0 Å². The smallest absolute Gasteiger partial charge is 0.180 e. The zero-order valence-corrected chi connectivity index (χ0v) is 7.64. The molecule has 1 aromatic heterocycles. The highest BCUT2D eigenvalue weighted by atomic mass is 35.5. The molecule has 1 aliphatic heterocycles. The summed E-state index contributed by atoms with van der Waals surface area (Å²) < 4.78 is 5.23. The van der Waals surface area contributed by atoms with Crippen LogP contribution in [0.25, 0.3) is 0 Å². The number of nitrogens with one attached hydrogen (secondary N) is 1. The van der Waals surface area contributed by atoms with Crippen LogP contribution < -0.4 is 5.32 Å². The van der Waals surface area contributed by atoms with Crippen LogP contribution in [0.5, 0.6) is 0 Å². The Morgan fingerprint density at radius 1 is 1.42 bits per heavy atom. The van der Waals surface area contributed by atoms with Crippen molar-refractivity contribution in [2.75, 3.05) is 13.1 Å². The normalized spacial score (nSPS) is 18.7. The highest BCUT2D eigenvalue weighted by Gasteiger charge is 2.17. The summed E-state index contributed by atoms with van der Waals surface area (Å²) in [6.07, 6.45) is 5.69. The average molecular weight is 189 g/mol. The van der Waals surface area contributed by atoms with E-state index in [1.54, 1.807) is 0 Å². The van der Waals surface area contributed by atoms with Crippen LogP contribution >= 0.6 is 12.4 Å². The fourth-order valence-corrected chi connectivity index (χ4v) is 1.53. The van der Waals surface area contributed by atoms with E-state index in [1.165, 1.54) is 19.2 Å². The maximum Gasteiger partial charge on any atom is 0.180 e. The zero-order chi connectivity index (χ0) is 7.52. The Bertz CT molecular complexity index is 207. The average Bonchev–Trinajstić information content (AvgIpc) is 2.58. The van der Waals surface area contributed by atoms with Gasteiger partial charge in [-0.15, -0.1) is 12.4 Å². The van der Waals surface area contributed by atoms with Gasteiger partial charge in [-0.05, 0) is 25.9 Å². The molecule has 3 nitrogen and oxygen atoms in total. The van der Waals surface area contributed by atoms with Crippen LogP contribution in [-0.2, 0) is 0 Å². The maximum absolute atomic E-state index is 5.23. The molecular weight excluding hydrogens is 176 g/mol. The molecule has 0 radical (unpaired) electrons. The van der Waals surface area contributed by atoms with E-state index < -0.39 is 0 Å². The maximum atomic E-state index is 5.23. The highest BCUT2D eigenvalue weighted by molar-refractivity contribution is 5.85. The number of hydrogen-bond donors (Lipinski definition) is 1. The molecule has 12 heavy (non-hydrogen) atoms. The van der Waals surface area contributed by atoms with Gasteiger partial charge in [-0.1, -0.05) is 0 Å². The van der Waals surface area contributed by atoms with Crippen LogP contribution in [0.3, 0.4) is 0 Å². The van der Waals surface area contributed by atoms with Crippen molar-refractivity contribution < 1.29 is 4.42 Å².